The topological polar surface area (TPSA) is 12.0 Å². The van der Waals surface area contributed by atoms with Crippen molar-refractivity contribution >= 4 is 23.2 Å². The van der Waals surface area contributed by atoms with Gasteiger partial charge in [0.15, 0.2) is 0 Å². The van der Waals surface area contributed by atoms with E-state index in [1.807, 2.05) is 19.2 Å². The van der Waals surface area contributed by atoms with Gasteiger partial charge < -0.3 is 5.32 Å². The predicted octanol–water partition coefficient (Wildman–Crippen LogP) is 4.70. The Morgan fingerprint density at radius 2 is 1.94 bits per heavy atom. The molecule has 1 aromatic rings. The summed E-state index contributed by atoms with van der Waals surface area (Å²) in [5.41, 5.74) is 1.54. The van der Waals surface area contributed by atoms with Crippen LogP contribution in [0.15, 0.2) is 18.2 Å². The first-order chi connectivity index (χ1) is 8.57. The zero-order valence-corrected chi connectivity index (χ0v) is 12.6. The van der Waals surface area contributed by atoms with E-state index in [1.165, 1.54) is 25.7 Å². The number of hydrogen-bond acceptors (Lipinski definition) is 1. The lowest BCUT2D eigenvalue weighted by Crippen LogP contribution is -2.41. The number of benzene rings is 1. The van der Waals surface area contributed by atoms with Gasteiger partial charge in [0.1, 0.15) is 0 Å². The van der Waals surface area contributed by atoms with E-state index in [4.69, 9.17) is 23.2 Å². The summed E-state index contributed by atoms with van der Waals surface area (Å²) in [4.78, 5) is 0. The maximum Gasteiger partial charge on any atom is 0.0624 e. The SMILES string of the molecule is CNC(Cc1cccc(Cl)c1Cl)C1(C)CCCC1. The van der Waals surface area contributed by atoms with Crippen LogP contribution < -0.4 is 5.32 Å². The quantitative estimate of drug-likeness (QED) is 0.845. The van der Waals surface area contributed by atoms with Crippen molar-refractivity contribution in [3.8, 4) is 0 Å². The highest BCUT2D eigenvalue weighted by molar-refractivity contribution is 6.42. The Morgan fingerprint density at radius 1 is 1.28 bits per heavy atom. The van der Waals surface area contributed by atoms with Crippen LogP contribution in [0.1, 0.15) is 38.2 Å². The Bertz CT molecular complexity index is 411. The molecule has 0 amide bonds. The van der Waals surface area contributed by atoms with Crippen LogP contribution in [0.4, 0.5) is 0 Å². The van der Waals surface area contributed by atoms with E-state index >= 15 is 0 Å². The average molecular weight is 286 g/mol. The summed E-state index contributed by atoms with van der Waals surface area (Å²) in [5.74, 6) is 0. The molecule has 1 aromatic carbocycles. The summed E-state index contributed by atoms with van der Waals surface area (Å²) in [6.45, 7) is 2.39. The third-order valence-corrected chi connectivity index (χ3v) is 5.25. The summed E-state index contributed by atoms with van der Waals surface area (Å²) in [7, 11) is 2.05. The first kappa shape index (κ1) is 14.2. The molecule has 0 saturated heterocycles. The molecule has 100 valence electrons. The molecule has 0 heterocycles. The van der Waals surface area contributed by atoms with Crippen molar-refractivity contribution in [2.75, 3.05) is 7.05 Å². The number of halogens is 2. The van der Waals surface area contributed by atoms with Crippen molar-refractivity contribution in [1.82, 2.24) is 5.32 Å². The van der Waals surface area contributed by atoms with E-state index in [1.54, 1.807) is 0 Å². The average Bonchev–Trinajstić information content (AvgIpc) is 2.79. The molecule has 1 aliphatic rings. The molecule has 1 saturated carbocycles. The highest BCUT2D eigenvalue weighted by Gasteiger charge is 2.36. The molecular formula is C15H21Cl2N. The van der Waals surface area contributed by atoms with Crippen molar-refractivity contribution in [3.63, 3.8) is 0 Å². The lowest BCUT2D eigenvalue weighted by Gasteiger charge is -2.34. The molecule has 1 aliphatic carbocycles. The Morgan fingerprint density at radius 3 is 2.56 bits per heavy atom. The molecule has 1 unspecified atom stereocenters. The molecular weight excluding hydrogens is 265 g/mol. The third kappa shape index (κ3) is 2.84. The van der Waals surface area contributed by atoms with Gasteiger partial charge in [-0.05, 0) is 43.4 Å². The van der Waals surface area contributed by atoms with Crippen molar-refractivity contribution in [2.24, 2.45) is 5.41 Å². The van der Waals surface area contributed by atoms with Crippen LogP contribution in [-0.4, -0.2) is 13.1 Å². The molecule has 1 N–H and O–H groups in total. The van der Waals surface area contributed by atoms with Crippen LogP contribution in [-0.2, 0) is 6.42 Å². The first-order valence-corrected chi connectivity index (χ1v) is 7.42. The normalized spacial score (nSPS) is 20.0. The molecule has 0 aliphatic heterocycles. The Hall–Kier alpha value is -0.240. The van der Waals surface area contributed by atoms with Crippen molar-refractivity contribution in [3.05, 3.63) is 33.8 Å². The van der Waals surface area contributed by atoms with Crippen molar-refractivity contribution < 1.29 is 0 Å². The fraction of sp³-hybridized carbons (Fsp3) is 0.600. The second kappa shape index (κ2) is 5.81. The smallest absolute Gasteiger partial charge is 0.0624 e. The summed E-state index contributed by atoms with van der Waals surface area (Å²) in [5, 5.41) is 4.84. The molecule has 1 atom stereocenters. The minimum absolute atomic E-state index is 0.389. The second-order valence-electron chi connectivity index (χ2n) is 5.62. The number of nitrogens with one attached hydrogen (secondary N) is 1. The molecule has 0 spiro atoms. The van der Waals surface area contributed by atoms with E-state index in [0.29, 0.717) is 21.5 Å². The van der Waals surface area contributed by atoms with Gasteiger partial charge in [0.25, 0.3) is 0 Å². The predicted molar refractivity (Wildman–Crippen MR) is 79.6 cm³/mol. The Kier molecular flexibility index (Phi) is 4.58. The number of likely N-dealkylation sites (N-methyl/N-ethyl adjacent to an activating group) is 1. The van der Waals surface area contributed by atoms with Gasteiger partial charge in [0.2, 0.25) is 0 Å². The standard InChI is InChI=1S/C15H21Cl2N/c1-15(8-3-4-9-15)13(18-2)10-11-6-5-7-12(16)14(11)17/h5-7,13,18H,3-4,8-10H2,1-2H3. The molecule has 0 bridgehead atoms. The summed E-state index contributed by atoms with van der Waals surface area (Å²) in [6, 6.07) is 6.37. The Labute approximate surface area is 120 Å². The molecule has 1 fully saturated rings. The van der Waals surface area contributed by atoms with E-state index in [0.717, 1.165) is 12.0 Å². The second-order valence-corrected chi connectivity index (χ2v) is 6.40. The minimum Gasteiger partial charge on any atom is -0.316 e. The van der Waals surface area contributed by atoms with Crippen LogP contribution in [0, 0.1) is 5.41 Å². The van der Waals surface area contributed by atoms with Crippen molar-refractivity contribution in [2.45, 2.75) is 45.1 Å². The van der Waals surface area contributed by atoms with Crippen molar-refractivity contribution in [1.29, 1.82) is 0 Å². The zero-order valence-electron chi connectivity index (χ0n) is 11.1. The summed E-state index contributed by atoms with van der Waals surface area (Å²) >= 11 is 12.4. The molecule has 1 nitrogen and oxygen atoms in total. The fourth-order valence-corrected chi connectivity index (χ4v) is 3.55. The monoisotopic (exact) mass is 285 g/mol. The van der Waals surface area contributed by atoms with E-state index in [2.05, 4.69) is 18.3 Å². The largest absolute Gasteiger partial charge is 0.316 e. The maximum atomic E-state index is 6.29. The van der Waals surface area contributed by atoms with Gasteiger partial charge in [0.05, 0.1) is 10.0 Å². The lowest BCUT2D eigenvalue weighted by atomic mass is 9.78. The minimum atomic E-state index is 0.389. The molecule has 18 heavy (non-hydrogen) atoms. The van der Waals surface area contributed by atoms with Gasteiger partial charge in [-0.1, -0.05) is 55.1 Å². The van der Waals surface area contributed by atoms with Crippen LogP contribution in [0.2, 0.25) is 10.0 Å². The first-order valence-electron chi connectivity index (χ1n) is 6.67. The van der Waals surface area contributed by atoms with Gasteiger partial charge in [-0.3, -0.25) is 0 Å². The molecule has 0 radical (unpaired) electrons. The van der Waals surface area contributed by atoms with Crippen LogP contribution in [0.25, 0.3) is 0 Å². The third-order valence-electron chi connectivity index (χ3n) is 4.39. The van der Waals surface area contributed by atoms with Crippen LogP contribution >= 0.6 is 23.2 Å². The van der Waals surface area contributed by atoms with Gasteiger partial charge in [-0.25, -0.2) is 0 Å². The maximum absolute atomic E-state index is 6.29. The summed E-state index contributed by atoms with van der Waals surface area (Å²) in [6.07, 6.45) is 6.25. The van der Waals surface area contributed by atoms with E-state index in [-0.39, 0.29) is 0 Å². The number of rotatable bonds is 4. The fourth-order valence-electron chi connectivity index (χ4n) is 3.15. The highest BCUT2D eigenvalue weighted by Crippen LogP contribution is 2.42. The van der Waals surface area contributed by atoms with E-state index in [9.17, 15) is 0 Å². The highest BCUT2D eigenvalue weighted by atomic mass is 35.5. The molecule has 2 rings (SSSR count). The van der Waals surface area contributed by atoms with E-state index < -0.39 is 0 Å². The van der Waals surface area contributed by atoms with Gasteiger partial charge in [0, 0.05) is 6.04 Å². The molecule has 3 heteroatoms. The number of hydrogen-bond donors (Lipinski definition) is 1. The van der Waals surface area contributed by atoms with Gasteiger partial charge >= 0.3 is 0 Å². The van der Waals surface area contributed by atoms with Crippen LogP contribution in [0.3, 0.4) is 0 Å². The lowest BCUT2D eigenvalue weighted by molar-refractivity contribution is 0.229. The molecule has 0 aromatic heterocycles. The van der Waals surface area contributed by atoms with Gasteiger partial charge in [-0.15, -0.1) is 0 Å². The zero-order chi connectivity index (χ0) is 13.2. The van der Waals surface area contributed by atoms with Gasteiger partial charge in [-0.2, -0.15) is 0 Å². The summed E-state index contributed by atoms with van der Waals surface area (Å²) < 4.78 is 0. The van der Waals surface area contributed by atoms with Crippen LogP contribution in [0.5, 0.6) is 0 Å². The Balaban J connectivity index is 2.17.